The van der Waals surface area contributed by atoms with Gasteiger partial charge in [-0.15, -0.1) is 0 Å². The van der Waals surface area contributed by atoms with Crippen LogP contribution in [0.5, 0.6) is 11.5 Å². The summed E-state index contributed by atoms with van der Waals surface area (Å²) in [6.45, 7) is 2.27. The summed E-state index contributed by atoms with van der Waals surface area (Å²) in [5, 5.41) is 1.12. The fraction of sp³-hybridized carbons (Fsp3) is 0.200. The lowest BCUT2D eigenvalue weighted by molar-refractivity contribution is -0.139. The quantitative estimate of drug-likeness (QED) is 0.542. The van der Waals surface area contributed by atoms with E-state index in [2.05, 4.69) is 11.1 Å². The zero-order valence-corrected chi connectivity index (χ0v) is 13.4. The van der Waals surface area contributed by atoms with E-state index < -0.39 is 0 Å². The smallest absolute Gasteiger partial charge is 0.314 e. The summed E-state index contributed by atoms with van der Waals surface area (Å²) in [6, 6.07) is 17.6. The van der Waals surface area contributed by atoms with Gasteiger partial charge in [-0.25, -0.2) is 4.98 Å². The number of fused-ring (bicyclic) bond motifs is 2. The number of benzene rings is 2. The third kappa shape index (κ3) is 2.83. The molecule has 0 saturated heterocycles. The fourth-order valence-electron chi connectivity index (χ4n) is 2.87. The second-order valence-electron chi connectivity index (χ2n) is 6.08. The number of esters is 1. The first kappa shape index (κ1) is 14.7. The van der Waals surface area contributed by atoms with Gasteiger partial charge in [0.15, 0.2) is 0 Å². The van der Waals surface area contributed by atoms with Crippen molar-refractivity contribution in [3.05, 3.63) is 65.9 Å². The number of hydrogen-bond donors (Lipinski definition) is 0. The molecule has 1 aliphatic heterocycles. The maximum absolute atomic E-state index is 11.6. The highest BCUT2D eigenvalue weighted by atomic mass is 16.5. The molecule has 4 heteroatoms. The number of hydrogen-bond acceptors (Lipinski definition) is 4. The Bertz CT molecular complexity index is 920. The van der Waals surface area contributed by atoms with Crippen LogP contribution in [0.1, 0.15) is 18.2 Å². The summed E-state index contributed by atoms with van der Waals surface area (Å²) in [5.74, 6) is 1.11. The number of pyridine rings is 1. The van der Waals surface area contributed by atoms with Crippen molar-refractivity contribution in [1.82, 2.24) is 4.98 Å². The number of carbonyl (C=O) groups is 1. The molecule has 2 aromatic carbocycles. The largest absolute Gasteiger partial charge is 0.487 e. The van der Waals surface area contributed by atoms with E-state index in [-0.39, 0.29) is 11.9 Å². The predicted octanol–water partition coefficient (Wildman–Crippen LogP) is 3.91. The molecule has 0 radical (unpaired) electrons. The molecule has 4 rings (SSSR count). The van der Waals surface area contributed by atoms with Gasteiger partial charge in [0.05, 0.1) is 17.1 Å². The summed E-state index contributed by atoms with van der Waals surface area (Å²) in [5.41, 5.74) is 2.85. The van der Waals surface area contributed by atoms with Crippen molar-refractivity contribution >= 4 is 16.9 Å². The Morgan fingerprint density at radius 2 is 2.04 bits per heavy atom. The highest BCUT2D eigenvalue weighted by Crippen LogP contribution is 2.31. The Balaban J connectivity index is 1.51. The maximum atomic E-state index is 11.6. The third-order valence-electron chi connectivity index (χ3n) is 4.21. The fourth-order valence-corrected chi connectivity index (χ4v) is 2.87. The van der Waals surface area contributed by atoms with Gasteiger partial charge in [-0.05, 0) is 42.3 Å². The Hall–Kier alpha value is -2.88. The van der Waals surface area contributed by atoms with Crippen molar-refractivity contribution in [1.29, 1.82) is 0 Å². The van der Waals surface area contributed by atoms with Gasteiger partial charge in [-0.2, -0.15) is 0 Å². The van der Waals surface area contributed by atoms with Crippen LogP contribution in [-0.2, 0) is 17.8 Å². The van der Waals surface area contributed by atoms with Crippen LogP contribution in [0, 0.1) is 5.92 Å². The second-order valence-corrected chi connectivity index (χ2v) is 6.08. The SMILES string of the molecule is CC1Cc2cc(OCc3ccc4ccccc4n3)ccc2OC1=O. The van der Waals surface area contributed by atoms with Crippen LogP contribution in [-0.4, -0.2) is 11.0 Å². The van der Waals surface area contributed by atoms with Crippen LogP contribution in [0.3, 0.4) is 0 Å². The number of carbonyl (C=O) groups excluding carboxylic acids is 1. The van der Waals surface area contributed by atoms with Crippen LogP contribution in [0.25, 0.3) is 10.9 Å². The molecule has 4 nitrogen and oxygen atoms in total. The molecule has 1 unspecified atom stereocenters. The van der Waals surface area contributed by atoms with Gasteiger partial charge >= 0.3 is 5.97 Å². The van der Waals surface area contributed by atoms with E-state index >= 15 is 0 Å². The van der Waals surface area contributed by atoms with Gasteiger partial charge in [0.2, 0.25) is 0 Å². The zero-order valence-electron chi connectivity index (χ0n) is 13.4. The molecule has 0 bridgehead atoms. The van der Waals surface area contributed by atoms with E-state index in [0.717, 1.165) is 27.9 Å². The Labute approximate surface area is 140 Å². The van der Waals surface area contributed by atoms with Crippen molar-refractivity contribution in [2.75, 3.05) is 0 Å². The molecular formula is C20H17NO3. The summed E-state index contributed by atoms with van der Waals surface area (Å²) in [7, 11) is 0. The molecule has 0 spiro atoms. The molecule has 1 aromatic heterocycles. The Kier molecular flexibility index (Phi) is 3.65. The van der Waals surface area contributed by atoms with Crippen molar-refractivity contribution in [2.45, 2.75) is 20.0 Å². The van der Waals surface area contributed by atoms with Crippen molar-refractivity contribution in [3.63, 3.8) is 0 Å². The molecule has 2 heterocycles. The third-order valence-corrected chi connectivity index (χ3v) is 4.21. The summed E-state index contributed by atoms with van der Waals surface area (Å²) >= 11 is 0. The van der Waals surface area contributed by atoms with Crippen LogP contribution >= 0.6 is 0 Å². The van der Waals surface area contributed by atoms with E-state index in [1.54, 1.807) is 6.07 Å². The number of para-hydroxylation sites is 1. The average Bonchev–Trinajstić information content (AvgIpc) is 2.61. The van der Waals surface area contributed by atoms with Crippen molar-refractivity contribution < 1.29 is 14.3 Å². The first-order valence-electron chi connectivity index (χ1n) is 8.01. The lowest BCUT2D eigenvalue weighted by Crippen LogP contribution is -2.25. The highest BCUT2D eigenvalue weighted by Gasteiger charge is 2.24. The second kappa shape index (κ2) is 5.96. The summed E-state index contributed by atoms with van der Waals surface area (Å²) in [6.07, 6.45) is 0.680. The number of ether oxygens (including phenoxy) is 2. The van der Waals surface area contributed by atoms with Gasteiger partial charge in [0, 0.05) is 5.39 Å². The minimum atomic E-state index is -0.170. The molecule has 1 atom stereocenters. The molecule has 0 aliphatic carbocycles. The molecule has 0 amide bonds. The minimum absolute atomic E-state index is 0.116. The normalized spacial score (nSPS) is 16.5. The Morgan fingerprint density at radius 3 is 2.96 bits per heavy atom. The molecule has 0 N–H and O–H groups in total. The molecule has 3 aromatic rings. The molecule has 1 aliphatic rings. The van der Waals surface area contributed by atoms with Crippen molar-refractivity contribution in [3.8, 4) is 11.5 Å². The standard InChI is InChI=1S/C20H17NO3/c1-13-10-15-11-17(8-9-19(15)24-20(13)22)23-12-16-7-6-14-4-2-3-5-18(14)21-16/h2-9,11,13H,10,12H2,1H3. The average molecular weight is 319 g/mol. The number of rotatable bonds is 3. The van der Waals surface area contributed by atoms with E-state index in [4.69, 9.17) is 9.47 Å². The monoisotopic (exact) mass is 319 g/mol. The van der Waals surface area contributed by atoms with Crippen LogP contribution < -0.4 is 9.47 Å². The van der Waals surface area contributed by atoms with Crippen molar-refractivity contribution in [2.24, 2.45) is 5.92 Å². The molecular weight excluding hydrogens is 302 g/mol. The van der Waals surface area contributed by atoms with E-state index in [9.17, 15) is 4.79 Å². The predicted molar refractivity (Wildman–Crippen MR) is 91.0 cm³/mol. The summed E-state index contributed by atoms with van der Waals surface area (Å²) < 4.78 is 11.2. The lowest BCUT2D eigenvalue weighted by Gasteiger charge is -2.21. The molecule has 24 heavy (non-hydrogen) atoms. The number of aromatic nitrogens is 1. The Morgan fingerprint density at radius 1 is 1.17 bits per heavy atom. The van der Waals surface area contributed by atoms with Gasteiger partial charge in [-0.3, -0.25) is 4.79 Å². The molecule has 0 fully saturated rings. The van der Waals surface area contributed by atoms with Gasteiger partial charge in [0.25, 0.3) is 0 Å². The van der Waals surface area contributed by atoms with Gasteiger partial charge in [-0.1, -0.05) is 31.2 Å². The van der Waals surface area contributed by atoms with E-state index in [0.29, 0.717) is 18.8 Å². The highest BCUT2D eigenvalue weighted by molar-refractivity contribution is 5.78. The first-order valence-corrected chi connectivity index (χ1v) is 8.01. The lowest BCUT2D eigenvalue weighted by atomic mass is 9.98. The summed E-state index contributed by atoms with van der Waals surface area (Å²) in [4.78, 5) is 16.2. The van der Waals surface area contributed by atoms with Crippen LogP contribution in [0.4, 0.5) is 0 Å². The number of nitrogens with zero attached hydrogens (tertiary/aromatic N) is 1. The molecule has 0 saturated carbocycles. The van der Waals surface area contributed by atoms with Gasteiger partial charge in [0.1, 0.15) is 18.1 Å². The maximum Gasteiger partial charge on any atom is 0.314 e. The van der Waals surface area contributed by atoms with E-state index in [1.165, 1.54) is 0 Å². The van der Waals surface area contributed by atoms with E-state index in [1.807, 2.05) is 49.4 Å². The first-order chi connectivity index (χ1) is 11.7. The topological polar surface area (TPSA) is 48.4 Å². The minimum Gasteiger partial charge on any atom is -0.487 e. The van der Waals surface area contributed by atoms with Gasteiger partial charge < -0.3 is 9.47 Å². The molecule has 120 valence electrons. The zero-order chi connectivity index (χ0) is 16.5. The van der Waals surface area contributed by atoms with Crippen LogP contribution in [0.2, 0.25) is 0 Å². The van der Waals surface area contributed by atoms with Crippen LogP contribution in [0.15, 0.2) is 54.6 Å².